The molecule has 0 saturated heterocycles. The number of benzene rings is 1. The first-order valence-electron chi connectivity index (χ1n) is 2.45. The largest absolute Gasteiger partial charge is 0.397 e. The maximum Gasteiger partial charge on any atom is 0.0594 e. The molecule has 1 rings (SSSR count). The van der Waals surface area contributed by atoms with E-state index in [1.807, 2.05) is 18.2 Å². The molecule has 0 spiro atoms. The van der Waals surface area contributed by atoms with Gasteiger partial charge in [-0.1, -0.05) is 6.07 Å². The van der Waals surface area contributed by atoms with Crippen molar-refractivity contribution in [2.24, 2.45) is 0 Å². The Hall–Kier alpha value is 0.473. The second-order valence-electron chi connectivity index (χ2n) is 1.67. The number of halogens is 1. The molecule has 1 aromatic carbocycles. The van der Waals surface area contributed by atoms with Gasteiger partial charge in [-0.2, -0.15) is 0 Å². The van der Waals surface area contributed by atoms with Crippen molar-refractivity contribution in [2.75, 3.05) is 5.73 Å². The summed E-state index contributed by atoms with van der Waals surface area (Å²) in [6.45, 7) is 0. The summed E-state index contributed by atoms with van der Waals surface area (Å²) < 4.78 is 0.898. The van der Waals surface area contributed by atoms with Gasteiger partial charge >= 0.3 is 0 Å². The standard InChI is InChI=1S/C6H6BrNS.Zn/c7-4-2-1-3-5(9)6(4)8;/h1-3,9H,8H2;. The molecule has 0 aromatic heterocycles. The molecule has 2 N–H and O–H groups in total. The van der Waals surface area contributed by atoms with Crippen LogP contribution in [0.1, 0.15) is 0 Å². The molecule has 50 valence electrons. The zero-order chi connectivity index (χ0) is 6.85. The molecule has 0 radical (unpaired) electrons. The van der Waals surface area contributed by atoms with Crippen LogP contribution in [0, 0.1) is 0 Å². The molecule has 0 bridgehead atoms. The number of rotatable bonds is 0. The molecule has 0 fully saturated rings. The first-order chi connectivity index (χ1) is 4.22. The van der Waals surface area contributed by atoms with Crippen LogP contribution in [0.25, 0.3) is 0 Å². The van der Waals surface area contributed by atoms with Crippen molar-refractivity contribution < 1.29 is 19.5 Å². The minimum Gasteiger partial charge on any atom is -0.397 e. The molecule has 0 aliphatic rings. The third-order valence-electron chi connectivity index (χ3n) is 1.03. The fourth-order valence-corrected chi connectivity index (χ4v) is 1.25. The number of hydrogen-bond acceptors (Lipinski definition) is 2. The van der Waals surface area contributed by atoms with Crippen LogP contribution in [-0.4, -0.2) is 0 Å². The van der Waals surface area contributed by atoms with Crippen molar-refractivity contribution >= 4 is 34.2 Å². The molecule has 0 aliphatic carbocycles. The summed E-state index contributed by atoms with van der Waals surface area (Å²) in [4.78, 5) is 0.810. The summed E-state index contributed by atoms with van der Waals surface area (Å²) in [5, 5.41) is 0. The molecule has 1 aromatic rings. The molecule has 0 amide bonds. The Labute approximate surface area is 86.7 Å². The van der Waals surface area contributed by atoms with Gasteiger partial charge in [0.05, 0.1) is 5.69 Å². The Morgan fingerprint density at radius 1 is 1.40 bits per heavy atom. The SMILES string of the molecule is Nc1c(S)cccc1Br.[Zn]. The number of nitrogens with two attached hydrogens (primary N) is 1. The van der Waals surface area contributed by atoms with E-state index in [0.717, 1.165) is 9.37 Å². The van der Waals surface area contributed by atoms with E-state index in [4.69, 9.17) is 5.73 Å². The molecule has 0 atom stereocenters. The third-order valence-corrected chi connectivity index (χ3v) is 2.11. The normalized spacial score (nSPS) is 8.60. The summed E-state index contributed by atoms with van der Waals surface area (Å²) in [5.74, 6) is 0. The maximum atomic E-state index is 5.56. The molecule has 1 nitrogen and oxygen atoms in total. The van der Waals surface area contributed by atoms with Crippen LogP contribution in [-0.2, 0) is 19.5 Å². The van der Waals surface area contributed by atoms with Gasteiger partial charge in [-0.25, -0.2) is 0 Å². The quantitative estimate of drug-likeness (QED) is 0.422. The van der Waals surface area contributed by atoms with E-state index in [1.54, 1.807) is 0 Å². The number of para-hydroxylation sites is 1. The van der Waals surface area contributed by atoms with Gasteiger partial charge in [-0.3, -0.25) is 0 Å². The second-order valence-corrected chi connectivity index (χ2v) is 3.01. The minimum atomic E-state index is 0. The minimum absolute atomic E-state index is 0. The number of hydrogen-bond donors (Lipinski definition) is 2. The van der Waals surface area contributed by atoms with Crippen LogP contribution in [0.4, 0.5) is 5.69 Å². The van der Waals surface area contributed by atoms with Crippen LogP contribution in [0.3, 0.4) is 0 Å². The van der Waals surface area contributed by atoms with E-state index in [9.17, 15) is 0 Å². The molecule has 0 aliphatic heterocycles. The molecule has 10 heavy (non-hydrogen) atoms. The van der Waals surface area contributed by atoms with E-state index in [-0.39, 0.29) is 19.5 Å². The van der Waals surface area contributed by atoms with Crippen molar-refractivity contribution in [3.05, 3.63) is 22.7 Å². The van der Waals surface area contributed by atoms with E-state index >= 15 is 0 Å². The topological polar surface area (TPSA) is 26.0 Å². The van der Waals surface area contributed by atoms with E-state index in [1.165, 1.54) is 0 Å². The summed E-state index contributed by atoms with van der Waals surface area (Å²) >= 11 is 7.38. The fraction of sp³-hybridized carbons (Fsp3) is 0. The van der Waals surface area contributed by atoms with Crippen LogP contribution >= 0.6 is 28.6 Å². The van der Waals surface area contributed by atoms with Gasteiger partial charge in [0, 0.05) is 28.8 Å². The predicted octanol–water partition coefficient (Wildman–Crippen LogP) is 2.32. The van der Waals surface area contributed by atoms with Gasteiger partial charge < -0.3 is 5.73 Å². The smallest absolute Gasteiger partial charge is 0.0594 e. The summed E-state index contributed by atoms with van der Waals surface area (Å²) in [6, 6.07) is 5.63. The molecular formula is C6H6BrNSZn. The average Bonchev–Trinajstić information content (AvgIpc) is 1.83. The van der Waals surface area contributed by atoms with Gasteiger partial charge in [-0.05, 0) is 28.1 Å². The summed E-state index contributed by atoms with van der Waals surface area (Å²) in [5.41, 5.74) is 6.25. The molecule has 0 unspecified atom stereocenters. The second kappa shape index (κ2) is 4.37. The third kappa shape index (κ3) is 2.26. The first-order valence-corrected chi connectivity index (χ1v) is 3.69. The van der Waals surface area contributed by atoms with Gasteiger partial charge in [0.15, 0.2) is 0 Å². The molecular weight excluding hydrogens is 263 g/mol. The van der Waals surface area contributed by atoms with Crippen LogP contribution in [0.2, 0.25) is 0 Å². The van der Waals surface area contributed by atoms with Crippen molar-refractivity contribution in [2.45, 2.75) is 4.90 Å². The van der Waals surface area contributed by atoms with Gasteiger partial charge in [0.25, 0.3) is 0 Å². The summed E-state index contributed by atoms with van der Waals surface area (Å²) in [6.07, 6.45) is 0. The van der Waals surface area contributed by atoms with E-state index in [2.05, 4.69) is 28.6 Å². The van der Waals surface area contributed by atoms with Gasteiger partial charge in [0.1, 0.15) is 0 Å². The van der Waals surface area contributed by atoms with Crippen LogP contribution in [0.5, 0.6) is 0 Å². The maximum absolute atomic E-state index is 5.56. The zero-order valence-corrected chi connectivity index (χ0v) is 10.8. The summed E-state index contributed by atoms with van der Waals surface area (Å²) in [7, 11) is 0. The number of nitrogen functional groups attached to an aromatic ring is 1. The molecule has 0 heterocycles. The Morgan fingerprint density at radius 3 is 2.40 bits per heavy atom. The fourth-order valence-electron chi connectivity index (χ4n) is 0.526. The first kappa shape index (κ1) is 10.5. The van der Waals surface area contributed by atoms with Gasteiger partial charge in [-0.15, -0.1) is 12.6 Å². The van der Waals surface area contributed by atoms with Gasteiger partial charge in [0.2, 0.25) is 0 Å². The zero-order valence-electron chi connectivity index (χ0n) is 5.34. The van der Waals surface area contributed by atoms with Crippen molar-refractivity contribution in [1.82, 2.24) is 0 Å². The Kier molecular flexibility index (Phi) is 4.58. The Bertz CT molecular complexity index is 209. The Morgan fingerprint density at radius 2 is 2.00 bits per heavy atom. The monoisotopic (exact) mass is 267 g/mol. The molecule has 4 heteroatoms. The van der Waals surface area contributed by atoms with Crippen molar-refractivity contribution in [3.63, 3.8) is 0 Å². The number of thiol groups is 1. The van der Waals surface area contributed by atoms with E-state index < -0.39 is 0 Å². The van der Waals surface area contributed by atoms with E-state index in [0.29, 0.717) is 5.69 Å². The van der Waals surface area contributed by atoms with Crippen LogP contribution in [0.15, 0.2) is 27.6 Å². The van der Waals surface area contributed by atoms with Crippen molar-refractivity contribution in [1.29, 1.82) is 0 Å². The predicted molar refractivity (Wildman–Crippen MR) is 45.8 cm³/mol. The van der Waals surface area contributed by atoms with Crippen LogP contribution < -0.4 is 5.73 Å². The van der Waals surface area contributed by atoms with Crippen molar-refractivity contribution in [3.8, 4) is 0 Å². The Balaban J connectivity index is 0.000000810. The molecule has 0 saturated carbocycles. The average molecular weight is 269 g/mol. The number of anilines is 1.